The van der Waals surface area contributed by atoms with Gasteiger partial charge in [0.05, 0.1) is 0 Å². The van der Waals surface area contributed by atoms with Crippen molar-refractivity contribution in [3.63, 3.8) is 0 Å². The topological polar surface area (TPSA) is 50.9 Å². The van der Waals surface area contributed by atoms with Crippen LogP contribution in [0.25, 0.3) is 0 Å². The fourth-order valence-electron chi connectivity index (χ4n) is 1.98. The highest BCUT2D eigenvalue weighted by atomic mass is 19.1. The maximum absolute atomic E-state index is 13.6. The van der Waals surface area contributed by atoms with Crippen molar-refractivity contribution in [2.75, 3.05) is 12.8 Å². The molecule has 0 saturated heterocycles. The lowest BCUT2D eigenvalue weighted by molar-refractivity contribution is 0.554. The van der Waals surface area contributed by atoms with E-state index in [9.17, 15) is 4.39 Å². The van der Waals surface area contributed by atoms with Gasteiger partial charge in [-0.25, -0.2) is 9.37 Å². The van der Waals surface area contributed by atoms with E-state index < -0.39 is 0 Å². The average Bonchev–Trinajstić information content (AvgIpc) is 2.39. The van der Waals surface area contributed by atoms with Gasteiger partial charge in [0, 0.05) is 17.8 Å². The first-order valence-electron chi connectivity index (χ1n) is 5.83. The predicted octanol–water partition coefficient (Wildman–Crippen LogP) is 2.31. The summed E-state index contributed by atoms with van der Waals surface area (Å²) in [5.41, 5.74) is 7.40. The molecule has 0 saturated carbocycles. The minimum atomic E-state index is -0.194. The highest BCUT2D eigenvalue weighted by molar-refractivity contribution is 5.41. The molecule has 1 aromatic heterocycles. The summed E-state index contributed by atoms with van der Waals surface area (Å²) in [5, 5.41) is 3.15. The fraction of sp³-hybridized carbons (Fsp3) is 0.214. The fourth-order valence-corrected chi connectivity index (χ4v) is 1.98. The zero-order chi connectivity index (χ0) is 13.0. The quantitative estimate of drug-likeness (QED) is 0.869. The van der Waals surface area contributed by atoms with Crippen LogP contribution in [0.1, 0.15) is 17.2 Å². The molecule has 0 aliphatic rings. The Labute approximate surface area is 106 Å². The Balaban J connectivity index is 2.26. The number of aromatic nitrogens is 1. The first-order chi connectivity index (χ1) is 8.72. The molecule has 1 atom stereocenters. The van der Waals surface area contributed by atoms with Crippen molar-refractivity contribution >= 4 is 5.82 Å². The van der Waals surface area contributed by atoms with Crippen molar-refractivity contribution in [2.24, 2.45) is 0 Å². The van der Waals surface area contributed by atoms with Gasteiger partial charge in [0.2, 0.25) is 0 Å². The Morgan fingerprint density at radius 2 is 2.06 bits per heavy atom. The van der Waals surface area contributed by atoms with Crippen molar-refractivity contribution in [1.82, 2.24) is 10.3 Å². The summed E-state index contributed by atoms with van der Waals surface area (Å²) in [6, 6.07) is 10.5. The molecule has 1 heterocycles. The molecular formula is C14H16FN3. The Bertz CT molecular complexity index is 528. The molecule has 1 unspecified atom stereocenters. The Kier molecular flexibility index (Phi) is 3.89. The summed E-state index contributed by atoms with van der Waals surface area (Å²) in [6.07, 6.45) is 2.19. The van der Waals surface area contributed by atoms with Crippen LogP contribution < -0.4 is 11.1 Å². The van der Waals surface area contributed by atoms with Gasteiger partial charge >= 0.3 is 0 Å². The van der Waals surface area contributed by atoms with Crippen LogP contribution in [0.3, 0.4) is 0 Å². The number of nitrogens with one attached hydrogen (secondary N) is 1. The maximum atomic E-state index is 13.6. The van der Waals surface area contributed by atoms with Crippen molar-refractivity contribution in [1.29, 1.82) is 0 Å². The number of hydrogen-bond acceptors (Lipinski definition) is 3. The number of nitrogen functional groups attached to an aromatic ring is 1. The zero-order valence-electron chi connectivity index (χ0n) is 10.2. The normalized spacial score (nSPS) is 12.3. The van der Waals surface area contributed by atoms with Gasteiger partial charge in [-0.1, -0.05) is 24.3 Å². The molecule has 0 radical (unpaired) electrons. The maximum Gasteiger partial charge on any atom is 0.128 e. The van der Waals surface area contributed by atoms with Crippen LogP contribution in [0.5, 0.6) is 0 Å². The third-order valence-electron chi connectivity index (χ3n) is 2.98. The number of nitrogens with zero attached hydrogens (tertiary/aromatic N) is 1. The van der Waals surface area contributed by atoms with Gasteiger partial charge in [-0.2, -0.15) is 0 Å². The predicted molar refractivity (Wildman–Crippen MR) is 70.6 cm³/mol. The van der Waals surface area contributed by atoms with Gasteiger partial charge in [-0.3, -0.25) is 0 Å². The molecule has 0 spiro atoms. The van der Waals surface area contributed by atoms with Gasteiger partial charge in [-0.15, -0.1) is 0 Å². The summed E-state index contributed by atoms with van der Waals surface area (Å²) >= 11 is 0. The van der Waals surface area contributed by atoms with Crippen molar-refractivity contribution in [2.45, 2.75) is 12.5 Å². The lowest BCUT2D eigenvalue weighted by Crippen LogP contribution is -2.21. The van der Waals surface area contributed by atoms with E-state index in [-0.39, 0.29) is 11.9 Å². The molecule has 0 bridgehead atoms. The van der Waals surface area contributed by atoms with E-state index in [0.29, 0.717) is 17.8 Å². The molecule has 94 valence electrons. The minimum absolute atomic E-state index is 0.0457. The molecule has 0 fully saturated rings. The molecule has 0 aliphatic carbocycles. The molecule has 2 aromatic rings. The molecule has 1 aromatic carbocycles. The van der Waals surface area contributed by atoms with Crippen LogP contribution in [-0.4, -0.2) is 12.0 Å². The molecule has 2 rings (SSSR count). The number of nitrogens with two attached hydrogens (primary N) is 1. The summed E-state index contributed by atoms with van der Waals surface area (Å²) < 4.78 is 13.6. The van der Waals surface area contributed by atoms with E-state index in [4.69, 9.17) is 5.73 Å². The van der Waals surface area contributed by atoms with E-state index >= 15 is 0 Å². The lowest BCUT2D eigenvalue weighted by Gasteiger charge is -2.18. The summed E-state index contributed by atoms with van der Waals surface area (Å²) in [4.78, 5) is 4.06. The van der Waals surface area contributed by atoms with E-state index in [1.807, 2.05) is 25.2 Å². The van der Waals surface area contributed by atoms with Crippen molar-refractivity contribution in [3.8, 4) is 0 Å². The summed E-state index contributed by atoms with van der Waals surface area (Å²) in [6.45, 7) is 0. The number of halogens is 1. The second kappa shape index (κ2) is 5.60. The molecule has 3 nitrogen and oxygen atoms in total. The van der Waals surface area contributed by atoms with Crippen LogP contribution in [0.4, 0.5) is 10.2 Å². The summed E-state index contributed by atoms with van der Waals surface area (Å²) in [5.74, 6) is 0.286. The second-order valence-electron chi connectivity index (χ2n) is 4.11. The smallest absolute Gasteiger partial charge is 0.128 e. The van der Waals surface area contributed by atoms with Gasteiger partial charge in [0.25, 0.3) is 0 Å². The van der Waals surface area contributed by atoms with Gasteiger partial charge < -0.3 is 11.1 Å². The lowest BCUT2D eigenvalue weighted by atomic mass is 9.99. The highest BCUT2D eigenvalue weighted by Crippen LogP contribution is 2.22. The van der Waals surface area contributed by atoms with E-state index in [2.05, 4.69) is 10.3 Å². The molecular weight excluding hydrogens is 229 g/mol. The number of likely N-dealkylation sites (N-methyl/N-ethyl adjacent to an activating group) is 1. The van der Waals surface area contributed by atoms with Crippen LogP contribution in [0.15, 0.2) is 42.6 Å². The third kappa shape index (κ3) is 2.65. The van der Waals surface area contributed by atoms with E-state index in [1.54, 1.807) is 18.3 Å². The number of hydrogen-bond donors (Lipinski definition) is 2. The largest absolute Gasteiger partial charge is 0.383 e. The number of anilines is 1. The average molecular weight is 245 g/mol. The monoisotopic (exact) mass is 245 g/mol. The van der Waals surface area contributed by atoms with Crippen LogP contribution in [0.2, 0.25) is 0 Å². The number of pyridine rings is 1. The minimum Gasteiger partial charge on any atom is -0.383 e. The van der Waals surface area contributed by atoms with Crippen LogP contribution >= 0.6 is 0 Å². The first-order valence-corrected chi connectivity index (χ1v) is 5.83. The SMILES string of the molecule is CNC(Cc1ccccc1F)c1cccnc1N. The molecule has 0 amide bonds. The molecule has 18 heavy (non-hydrogen) atoms. The Morgan fingerprint density at radius 3 is 2.72 bits per heavy atom. The van der Waals surface area contributed by atoms with Crippen LogP contribution in [-0.2, 0) is 6.42 Å². The van der Waals surface area contributed by atoms with Gasteiger partial charge in [0.15, 0.2) is 0 Å². The molecule has 0 aliphatic heterocycles. The zero-order valence-corrected chi connectivity index (χ0v) is 10.2. The van der Waals surface area contributed by atoms with E-state index in [0.717, 1.165) is 5.56 Å². The van der Waals surface area contributed by atoms with Crippen molar-refractivity contribution < 1.29 is 4.39 Å². The number of benzene rings is 1. The highest BCUT2D eigenvalue weighted by Gasteiger charge is 2.15. The third-order valence-corrected chi connectivity index (χ3v) is 2.98. The molecule has 4 heteroatoms. The molecule has 3 N–H and O–H groups in total. The van der Waals surface area contributed by atoms with Gasteiger partial charge in [0.1, 0.15) is 11.6 Å². The second-order valence-corrected chi connectivity index (χ2v) is 4.11. The standard InChI is InChI=1S/C14H16FN3/c1-17-13(11-6-4-8-18-14(11)16)9-10-5-2-3-7-12(10)15/h2-8,13,17H,9H2,1H3,(H2,16,18). The summed E-state index contributed by atoms with van der Waals surface area (Å²) in [7, 11) is 1.83. The van der Waals surface area contributed by atoms with E-state index in [1.165, 1.54) is 6.07 Å². The Morgan fingerprint density at radius 1 is 1.28 bits per heavy atom. The van der Waals surface area contributed by atoms with Crippen LogP contribution in [0, 0.1) is 5.82 Å². The van der Waals surface area contributed by atoms with Gasteiger partial charge in [-0.05, 0) is 31.2 Å². The van der Waals surface area contributed by atoms with Crippen molar-refractivity contribution in [3.05, 3.63) is 59.5 Å². The Hall–Kier alpha value is -1.94. The number of rotatable bonds is 4. The first kappa shape index (κ1) is 12.5.